The zero-order valence-corrected chi connectivity index (χ0v) is 21.5. The maximum Gasteiger partial charge on any atom is 0.695 e. The van der Waals surface area contributed by atoms with Gasteiger partial charge in [-0.25, -0.2) is 0 Å². The van der Waals surface area contributed by atoms with E-state index < -0.39 is 8.25 Å². The van der Waals surface area contributed by atoms with Gasteiger partial charge in [-0.05, 0) is 91.3 Å². The molecule has 0 aromatic heterocycles. The van der Waals surface area contributed by atoms with E-state index in [0.29, 0.717) is 5.41 Å². The van der Waals surface area contributed by atoms with E-state index in [0.717, 1.165) is 54.8 Å². The Balaban J connectivity index is 1.47. The van der Waals surface area contributed by atoms with Crippen LogP contribution in [-0.2, 0) is 9.09 Å². The van der Waals surface area contributed by atoms with Gasteiger partial charge in [0.2, 0.25) is 0 Å². The average Bonchev–Trinajstić information content (AvgIpc) is 3.05. The van der Waals surface area contributed by atoms with E-state index in [1.165, 1.54) is 56.9 Å². The van der Waals surface area contributed by atoms with E-state index in [9.17, 15) is 9.46 Å². The molecule has 3 saturated carbocycles. The van der Waals surface area contributed by atoms with Gasteiger partial charge in [0.25, 0.3) is 0 Å². The molecular weight excluding hydrogens is 403 g/mol. The number of allylic oxidation sites excluding steroid dienone is 1. The van der Waals surface area contributed by atoms with Gasteiger partial charge in [-0.3, -0.25) is 0 Å². The van der Waals surface area contributed by atoms with Crippen LogP contribution in [0.25, 0.3) is 0 Å². The first-order chi connectivity index (χ1) is 14.6. The molecule has 176 valence electrons. The fraction of sp³-hybridized carbons (Fsp3) is 0.926. The molecule has 0 saturated heterocycles. The Kier molecular flexibility index (Phi) is 7.08. The lowest BCUT2D eigenvalue weighted by Crippen LogP contribution is -2.50. The Labute approximate surface area is 191 Å². The van der Waals surface area contributed by atoms with Crippen LogP contribution in [0.1, 0.15) is 105 Å². The van der Waals surface area contributed by atoms with Gasteiger partial charge in [0.1, 0.15) is 6.10 Å². The van der Waals surface area contributed by atoms with E-state index in [4.69, 9.17) is 4.52 Å². The summed E-state index contributed by atoms with van der Waals surface area (Å²) in [5.41, 5.74) is 2.35. The van der Waals surface area contributed by atoms with E-state index in [1.54, 1.807) is 0 Å². The Hall–Kier alpha value is -0.240. The molecule has 5 unspecified atom stereocenters. The zero-order valence-electron chi connectivity index (χ0n) is 20.6. The predicted molar refractivity (Wildman–Crippen MR) is 128 cm³/mol. The smallest absolute Gasteiger partial charge is 0.133 e. The van der Waals surface area contributed by atoms with E-state index in [2.05, 4.69) is 40.7 Å². The van der Waals surface area contributed by atoms with Crippen LogP contribution in [-0.4, -0.2) is 11.0 Å². The van der Waals surface area contributed by atoms with Crippen LogP contribution in [0.3, 0.4) is 0 Å². The Morgan fingerprint density at radius 1 is 1.10 bits per heavy atom. The molecule has 0 amide bonds. The van der Waals surface area contributed by atoms with Crippen molar-refractivity contribution in [2.75, 3.05) is 0 Å². The Morgan fingerprint density at radius 3 is 2.58 bits per heavy atom. The van der Waals surface area contributed by atoms with Crippen LogP contribution in [0.4, 0.5) is 0 Å². The largest absolute Gasteiger partial charge is 0.695 e. The minimum atomic E-state index is -2.49. The van der Waals surface area contributed by atoms with Crippen LogP contribution in [0.5, 0.6) is 0 Å². The first kappa shape index (κ1) is 23.9. The molecule has 0 aromatic rings. The van der Waals surface area contributed by atoms with E-state index in [-0.39, 0.29) is 11.5 Å². The third kappa shape index (κ3) is 4.45. The molecular formula is C27H46O3P+. The summed E-state index contributed by atoms with van der Waals surface area (Å²) in [6.07, 6.45) is 16.4. The highest BCUT2D eigenvalue weighted by Crippen LogP contribution is 2.67. The van der Waals surface area contributed by atoms with Crippen LogP contribution >= 0.6 is 8.25 Å². The maximum atomic E-state index is 11.2. The summed E-state index contributed by atoms with van der Waals surface area (Å²) in [6, 6.07) is 0. The third-order valence-corrected chi connectivity index (χ3v) is 11.0. The van der Waals surface area contributed by atoms with Crippen molar-refractivity contribution in [1.29, 1.82) is 0 Å². The van der Waals surface area contributed by atoms with E-state index in [1.807, 2.05) is 0 Å². The summed E-state index contributed by atoms with van der Waals surface area (Å²) in [6.45, 7) is 12.4. The third-order valence-electron chi connectivity index (χ3n) is 10.5. The van der Waals surface area contributed by atoms with Gasteiger partial charge >= 0.3 is 8.25 Å². The lowest BCUT2D eigenvalue weighted by atomic mass is 9.47. The molecule has 0 spiro atoms. The van der Waals surface area contributed by atoms with Gasteiger partial charge in [0, 0.05) is 11.0 Å². The minimum Gasteiger partial charge on any atom is -0.133 e. The molecule has 4 aliphatic rings. The van der Waals surface area contributed by atoms with Gasteiger partial charge in [0.15, 0.2) is 0 Å². The van der Waals surface area contributed by atoms with Crippen molar-refractivity contribution >= 4 is 8.25 Å². The molecule has 4 heteroatoms. The highest BCUT2D eigenvalue weighted by atomic mass is 31.1. The topological polar surface area (TPSA) is 46.5 Å². The van der Waals surface area contributed by atoms with Crippen molar-refractivity contribution in [1.82, 2.24) is 0 Å². The molecule has 0 radical (unpaired) electrons. The molecule has 3 fully saturated rings. The molecule has 0 bridgehead atoms. The molecule has 0 heterocycles. The highest BCUT2D eigenvalue weighted by Gasteiger charge is 2.59. The molecule has 31 heavy (non-hydrogen) atoms. The Bertz CT molecular complexity index is 703. The van der Waals surface area contributed by atoms with Crippen LogP contribution < -0.4 is 0 Å². The molecule has 0 aromatic carbocycles. The number of hydrogen-bond donors (Lipinski definition) is 1. The van der Waals surface area contributed by atoms with Crippen LogP contribution in [0, 0.1) is 46.3 Å². The van der Waals surface area contributed by atoms with Crippen molar-refractivity contribution in [3.8, 4) is 0 Å². The number of hydrogen-bond acceptors (Lipinski definition) is 2. The van der Waals surface area contributed by atoms with E-state index >= 15 is 0 Å². The molecule has 4 aliphatic carbocycles. The lowest BCUT2D eigenvalue weighted by Gasteiger charge is -2.58. The first-order valence-electron chi connectivity index (χ1n) is 13.2. The summed E-state index contributed by atoms with van der Waals surface area (Å²) in [5, 5.41) is 0. The number of fused-ring (bicyclic) bond motifs is 5. The predicted octanol–water partition coefficient (Wildman–Crippen LogP) is 8.06. The highest BCUT2D eigenvalue weighted by molar-refractivity contribution is 7.32. The second-order valence-electron chi connectivity index (χ2n) is 12.5. The second kappa shape index (κ2) is 9.19. The fourth-order valence-electron chi connectivity index (χ4n) is 8.87. The van der Waals surface area contributed by atoms with Crippen molar-refractivity contribution in [3.63, 3.8) is 0 Å². The molecule has 1 N–H and O–H groups in total. The molecule has 0 aliphatic heterocycles. The van der Waals surface area contributed by atoms with Gasteiger partial charge in [-0.2, -0.15) is 0 Å². The summed E-state index contributed by atoms with van der Waals surface area (Å²) in [7, 11) is -2.49. The number of rotatable bonds is 7. The molecule has 3 nitrogen and oxygen atoms in total. The van der Waals surface area contributed by atoms with Gasteiger partial charge in [-0.15, -0.1) is 9.42 Å². The van der Waals surface area contributed by atoms with Crippen LogP contribution in [0.2, 0.25) is 0 Å². The zero-order chi connectivity index (χ0) is 22.4. The molecule has 4 rings (SSSR count). The first-order valence-corrected chi connectivity index (χ1v) is 14.3. The Morgan fingerprint density at radius 2 is 1.87 bits per heavy atom. The van der Waals surface area contributed by atoms with Crippen molar-refractivity contribution in [2.24, 2.45) is 46.3 Å². The minimum absolute atomic E-state index is 0.0686. The van der Waals surface area contributed by atoms with Gasteiger partial charge < -0.3 is 0 Å². The summed E-state index contributed by atoms with van der Waals surface area (Å²) >= 11 is 0. The van der Waals surface area contributed by atoms with Crippen molar-refractivity contribution in [2.45, 2.75) is 111 Å². The SMILES string of the molecule is CC(C)CCC[C@@H](C)[C@H]1CCC2C3CC=C4CC(O[P+](=O)O)CC[C@]4(C)C3CC[C@@]21C. The second-order valence-corrected chi connectivity index (χ2v) is 13.2. The maximum absolute atomic E-state index is 11.2. The van der Waals surface area contributed by atoms with Gasteiger partial charge in [-0.1, -0.05) is 65.5 Å². The van der Waals surface area contributed by atoms with Crippen LogP contribution in [0.15, 0.2) is 11.6 Å². The van der Waals surface area contributed by atoms with Crippen molar-refractivity contribution < 1.29 is 14.0 Å². The summed E-state index contributed by atoms with van der Waals surface area (Å²) in [4.78, 5) is 9.20. The lowest BCUT2D eigenvalue weighted by molar-refractivity contribution is -0.0560. The standard InChI is InChI=1S/C27H45O3P/c1-18(2)7-6-8-19(3)23-11-12-24-22-10-9-20-17-21(30-31(28)29)13-15-26(20,4)25(22)14-16-27(23,24)5/h9,18-19,21-25H,6-8,10-17H2,1-5H3/p+1/t19-,21?,22?,23-,24?,25?,26+,27-/m1/s1. The normalized spacial score (nSPS) is 43.6. The van der Waals surface area contributed by atoms with Crippen molar-refractivity contribution in [3.05, 3.63) is 11.6 Å². The quantitative estimate of drug-likeness (QED) is 0.316. The molecule has 9 atom stereocenters. The summed E-state index contributed by atoms with van der Waals surface area (Å²) in [5.74, 6) is 5.13. The summed E-state index contributed by atoms with van der Waals surface area (Å²) < 4.78 is 16.5. The average molecular weight is 450 g/mol. The van der Waals surface area contributed by atoms with Gasteiger partial charge in [0.05, 0.1) is 0 Å². The monoisotopic (exact) mass is 449 g/mol. The fourth-order valence-corrected chi connectivity index (χ4v) is 9.30.